The van der Waals surface area contributed by atoms with Gasteiger partial charge in [0.25, 0.3) is 0 Å². The van der Waals surface area contributed by atoms with E-state index in [9.17, 15) is 9.59 Å². The predicted octanol–water partition coefficient (Wildman–Crippen LogP) is 0.0935. The third kappa shape index (κ3) is 0.709. The lowest BCUT2D eigenvalue weighted by atomic mass is 10.3. The molecule has 62 valence electrons. The van der Waals surface area contributed by atoms with Crippen molar-refractivity contribution in [2.45, 2.75) is 0 Å². The molecule has 0 unspecified atom stereocenters. The number of allylic oxidation sites excluding steroid dienone is 2. The number of amides is 3. The van der Waals surface area contributed by atoms with Gasteiger partial charge in [-0.3, -0.25) is 14.9 Å². The van der Waals surface area contributed by atoms with Gasteiger partial charge in [-0.2, -0.15) is 0 Å². The first-order valence-electron chi connectivity index (χ1n) is 3.43. The topological polar surface area (TPSA) is 60.9 Å². The second kappa shape index (κ2) is 2.18. The second-order valence-electron chi connectivity index (χ2n) is 2.49. The second-order valence-corrected chi connectivity index (χ2v) is 2.49. The molecule has 0 spiro atoms. The summed E-state index contributed by atoms with van der Waals surface area (Å²) < 4.78 is 0. The van der Waals surface area contributed by atoms with Crippen LogP contribution in [-0.2, 0) is 4.79 Å². The summed E-state index contributed by atoms with van der Waals surface area (Å²) in [5.41, 5.74) is 0.227. The molecule has 1 N–H and O–H groups in total. The first kappa shape index (κ1) is 7.05. The maximum atomic E-state index is 11.1. The van der Waals surface area contributed by atoms with Gasteiger partial charge in [-0.1, -0.05) is 12.2 Å². The summed E-state index contributed by atoms with van der Waals surface area (Å²) in [6.07, 6.45) is 4.91. The Labute approximate surface area is 68.1 Å². The Kier molecular flexibility index (Phi) is 1.28. The fourth-order valence-electron chi connectivity index (χ4n) is 1.19. The Hall–Kier alpha value is -1.62. The number of hydroxylamine groups is 2. The first-order chi connectivity index (χ1) is 5.72. The van der Waals surface area contributed by atoms with Gasteiger partial charge in [-0.15, -0.1) is 5.06 Å². The highest BCUT2D eigenvalue weighted by molar-refractivity contribution is 6.10. The van der Waals surface area contributed by atoms with E-state index in [1.165, 1.54) is 11.0 Å². The quantitative estimate of drug-likeness (QED) is 0.410. The van der Waals surface area contributed by atoms with E-state index in [1.54, 1.807) is 12.2 Å². The average Bonchev–Trinajstić information content (AvgIpc) is 2.33. The minimum absolute atomic E-state index is 0.124. The molecule has 0 saturated carbocycles. The zero-order valence-corrected chi connectivity index (χ0v) is 6.10. The number of carbonyl (C=O) groups is 2. The van der Waals surface area contributed by atoms with Crippen LogP contribution in [0.2, 0.25) is 0 Å². The van der Waals surface area contributed by atoms with Gasteiger partial charge >= 0.3 is 11.9 Å². The zero-order valence-electron chi connectivity index (χ0n) is 6.10. The first-order valence-corrected chi connectivity index (χ1v) is 3.43. The van der Waals surface area contributed by atoms with E-state index in [1.807, 2.05) is 0 Å². The van der Waals surface area contributed by atoms with Crippen molar-refractivity contribution < 1.29 is 14.8 Å². The molecule has 1 fully saturated rings. The maximum absolute atomic E-state index is 11.1. The molecular weight excluding hydrogens is 160 g/mol. The van der Waals surface area contributed by atoms with Gasteiger partial charge in [0.1, 0.15) is 5.70 Å². The number of hydrogen-bond donors (Lipinski definition) is 1. The lowest BCUT2D eigenvalue weighted by Crippen LogP contribution is -2.30. The van der Waals surface area contributed by atoms with Gasteiger partial charge in [0.05, 0.1) is 0 Å². The van der Waals surface area contributed by atoms with Gasteiger partial charge in [0.2, 0.25) is 0 Å². The highest BCUT2D eigenvalue weighted by Crippen LogP contribution is 2.21. The van der Waals surface area contributed by atoms with Crippen LogP contribution in [0, 0.1) is 0 Å². The highest BCUT2D eigenvalue weighted by atomic mass is 16.5. The van der Waals surface area contributed by atoms with Crippen LogP contribution >= 0.6 is 0 Å². The fraction of sp³-hybridized carbons (Fsp3) is 0.143. The van der Waals surface area contributed by atoms with E-state index in [0.717, 1.165) is 0 Å². The summed E-state index contributed by atoms with van der Waals surface area (Å²) in [6.45, 7) is 0.341. The van der Waals surface area contributed by atoms with Crippen LogP contribution in [0.25, 0.3) is 0 Å². The van der Waals surface area contributed by atoms with Crippen molar-refractivity contribution in [3.63, 3.8) is 0 Å². The minimum Gasteiger partial charge on any atom is -0.283 e. The fourth-order valence-corrected chi connectivity index (χ4v) is 1.19. The smallest absolute Gasteiger partial charge is 0.283 e. The van der Waals surface area contributed by atoms with E-state index in [-0.39, 0.29) is 10.8 Å². The molecule has 1 saturated heterocycles. The number of imide groups is 1. The normalized spacial score (nSPS) is 21.6. The molecule has 0 radical (unpaired) electrons. The van der Waals surface area contributed by atoms with Gasteiger partial charge < -0.3 is 0 Å². The van der Waals surface area contributed by atoms with Crippen LogP contribution in [0.15, 0.2) is 23.9 Å². The Balaban J connectivity index is 2.44. The molecule has 2 rings (SSSR count). The molecule has 5 heteroatoms. The minimum atomic E-state index is -0.685. The van der Waals surface area contributed by atoms with Crippen molar-refractivity contribution in [1.82, 2.24) is 9.96 Å². The lowest BCUT2D eigenvalue weighted by Gasteiger charge is -2.14. The Morgan fingerprint density at radius 3 is 2.83 bits per heavy atom. The van der Waals surface area contributed by atoms with Gasteiger partial charge in [0.15, 0.2) is 0 Å². The molecule has 0 bridgehead atoms. The summed E-state index contributed by atoms with van der Waals surface area (Å²) in [6, 6.07) is -0.685. The molecule has 3 amide bonds. The Bertz CT molecular complexity index is 319. The number of fused-ring (bicyclic) bond motifs is 1. The standard InChI is InChI=1S/C7H6N2O3/c10-6-5-3-1-2-4-8(5)7(11)9(6)12/h1-3,12H,4H2. The summed E-state index contributed by atoms with van der Waals surface area (Å²) in [7, 11) is 0. The molecule has 0 aliphatic carbocycles. The van der Waals surface area contributed by atoms with Crippen molar-refractivity contribution in [2.24, 2.45) is 0 Å². The summed E-state index contributed by atoms with van der Waals surface area (Å²) in [4.78, 5) is 23.3. The van der Waals surface area contributed by atoms with Crippen molar-refractivity contribution in [3.05, 3.63) is 23.9 Å². The molecular formula is C7H6N2O3. The van der Waals surface area contributed by atoms with E-state index >= 15 is 0 Å². The summed E-state index contributed by atoms with van der Waals surface area (Å²) >= 11 is 0. The van der Waals surface area contributed by atoms with Crippen LogP contribution in [0.3, 0.4) is 0 Å². The van der Waals surface area contributed by atoms with Gasteiger partial charge in [-0.05, 0) is 6.08 Å². The molecule has 5 nitrogen and oxygen atoms in total. The number of rotatable bonds is 0. The van der Waals surface area contributed by atoms with Crippen LogP contribution < -0.4 is 0 Å². The molecule has 2 heterocycles. The van der Waals surface area contributed by atoms with Crippen LogP contribution in [0.4, 0.5) is 4.79 Å². The lowest BCUT2D eigenvalue weighted by molar-refractivity contribution is -0.144. The SMILES string of the molecule is O=C1C2=CC=CCN2C(=O)N1O. The van der Waals surface area contributed by atoms with Crippen molar-refractivity contribution >= 4 is 11.9 Å². The maximum Gasteiger partial charge on any atom is 0.356 e. The van der Waals surface area contributed by atoms with Crippen LogP contribution in [0.1, 0.15) is 0 Å². The third-order valence-electron chi connectivity index (χ3n) is 1.79. The predicted molar refractivity (Wildman–Crippen MR) is 38.0 cm³/mol. The molecule has 12 heavy (non-hydrogen) atoms. The number of hydrogen-bond acceptors (Lipinski definition) is 3. The number of carbonyl (C=O) groups excluding carboxylic acids is 2. The number of urea groups is 1. The largest absolute Gasteiger partial charge is 0.356 e. The van der Waals surface area contributed by atoms with E-state index in [4.69, 9.17) is 5.21 Å². The third-order valence-corrected chi connectivity index (χ3v) is 1.79. The van der Waals surface area contributed by atoms with Crippen molar-refractivity contribution in [3.8, 4) is 0 Å². The molecule has 0 aromatic carbocycles. The van der Waals surface area contributed by atoms with E-state index < -0.39 is 11.9 Å². The monoisotopic (exact) mass is 166 g/mol. The highest BCUT2D eigenvalue weighted by Gasteiger charge is 2.40. The molecule has 0 aromatic heterocycles. The van der Waals surface area contributed by atoms with E-state index in [0.29, 0.717) is 6.54 Å². The molecule has 0 aromatic rings. The van der Waals surface area contributed by atoms with E-state index in [2.05, 4.69) is 0 Å². The average molecular weight is 166 g/mol. The van der Waals surface area contributed by atoms with Gasteiger partial charge in [0, 0.05) is 6.54 Å². The Morgan fingerprint density at radius 2 is 2.17 bits per heavy atom. The van der Waals surface area contributed by atoms with Crippen LogP contribution in [0.5, 0.6) is 0 Å². The van der Waals surface area contributed by atoms with Gasteiger partial charge in [-0.25, -0.2) is 4.79 Å². The zero-order chi connectivity index (χ0) is 8.72. The summed E-state index contributed by atoms with van der Waals surface area (Å²) in [5.74, 6) is -0.663. The Morgan fingerprint density at radius 1 is 1.42 bits per heavy atom. The molecule has 2 aliphatic rings. The summed E-state index contributed by atoms with van der Waals surface area (Å²) in [5, 5.41) is 9.04. The molecule has 2 aliphatic heterocycles. The molecule has 0 atom stereocenters. The van der Waals surface area contributed by atoms with Crippen molar-refractivity contribution in [2.75, 3.05) is 6.54 Å². The van der Waals surface area contributed by atoms with Crippen LogP contribution in [-0.4, -0.2) is 33.7 Å². The number of nitrogens with zero attached hydrogens (tertiary/aromatic N) is 2. The van der Waals surface area contributed by atoms with Crippen molar-refractivity contribution in [1.29, 1.82) is 0 Å².